The van der Waals surface area contributed by atoms with Gasteiger partial charge in [0.1, 0.15) is 17.4 Å². The number of para-hydroxylation sites is 1. The first-order valence-corrected chi connectivity index (χ1v) is 24.3. The molecule has 2 aliphatic carbocycles. The van der Waals surface area contributed by atoms with Crippen molar-refractivity contribution in [3.63, 3.8) is 0 Å². The number of piperidine rings is 1. The highest BCUT2D eigenvalue weighted by atomic mass is 19.3. The van der Waals surface area contributed by atoms with Crippen molar-refractivity contribution in [3.05, 3.63) is 70.2 Å². The molecule has 7 fully saturated rings. The molecule has 2 saturated carbocycles. The lowest BCUT2D eigenvalue weighted by atomic mass is 9.68. The molecule has 7 aliphatic rings. The Labute approximate surface area is 386 Å². The molecule has 12 rings (SSSR count). The van der Waals surface area contributed by atoms with Crippen LogP contribution in [0.3, 0.4) is 0 Å². The van der Waals surface area contributed by atoms with E-state index in [-0.39, 0.29) is 41.4 Å². The Bertz CT molecular complexity index is 2720. The zero-order valence-electron chi connectivity index (χ0n) is 38.2. The van der Waals surface area contributed by atoms with Crippen molar-refractivity contribution in [1.29, 1.82) is 0 Å². The number of benzene rings is 1. The van der Waals surface area contributed by atoms with Crippen molar-refractivity contribution in [1.82, 2.24) is 48.6 Å². The number of carbonyl (C=O) groups is 3. The van der Waals surface area contributed by atoms with Crippen LogP contribution >= 0.6 is 0 Å². The lowest BCUT2D eigenvalue weighted by molar-refractivity contribution is -0.135. The Morgan fingerprint density at radius 1 is 0.985 bits per heavy atom. The van der Waals surface area contributed by atoms with Gasteiger partial charge in [-0.25, -0.2) is 23.1 Å². The molecular formula is C48H60F2N12O5. The van der Waals surface area contributed by atoms with Crippen LogP contribution < -0.4 is 21.2 Å². The summed E-state index contributed by atoms with van der Waals surface area (Å²) in [6, 6.07) is 7.61. The van der Waals surface area contributed by atoms with Crippen LogP contribution in [0.15, 0.2) is 47.7 Å². The first-order chi connectivity index (χ1) is 32.4. The molecule has 2 bridgehead atoms. The number of imide groups is 1. The molecule has 4 atom stereocenters. The van der Waals surface area contributed by atoms with Crippen LogP contribution in [-0.2, 0) is 21.4 Å². The van der Waals surface area contributed by atoms with Gasteiger partial charge < -0.3 is 19.9 Å². The van der Waals surface area contributed by atoms with Gasteiger partial charge in [-0.2, -0.15) is 10.2 Å². The van der Waals surface area contributed by atoms with Crippen LogP contribution in [0.1, 0.15) is 117 Å². The molecule has 356 valence electrons. The lowest BCUT2D eigenvalue weighted by Crippen LogP contribution is -2.53. The number of alkyl halides is 2. The molecule has 9 heterocycles. The fourth-order valence-electron chi connectivity index (χ4n) is 12.1. The summed E-state index contributed by atoms with van der Waals surface area (Å²) in [5, 5.41) is 13.8. The van der Waals surface area contributed by atoms with Crippen molar-refractivity contribution < 1.29 is 27.9 Å². The first-order valence-electron chi connectivity index (χ1n) is 24.3. The van der Waals surface area contributed by atoms with E-state index in [1.807, 2.05) is 18.2 Å². The van der Waals surface area contributed by atoms with E-state index in [2.05, 4.69) is 48.5 Å². The molecule has 5 aromatic rings. The van der Waals surface area contributed by atoms with Crippen LogP contribution in [0.2, 0.25) is 0 Å². The summed E-state index contributed by atoms with van der Waals surface area (Å²) in [4.78, 5) is 63.9. The Morgan fingerprint density at radius 2 is 1.79 bits per heavy atom. The lowest BCUT2D eigenvalue weighted by Gasteiger charge is -2.47. The van der Waals surface area contributed by atoms with Gasteiger partial charge in [-0.15, -0.1) is 0 Å². The quantitative estimate of drug-likeness (QED) is 0.165. The van der Waals surface area contributed by atoms with E-state index in [0.717, 1.165) is 126 Å². The second-order valence-electron chi connectivity index (χ2n) is 20.2. The summed E-state index contributed by atoms with van der Waals surface area (Å²) in [6.45, 7) is 9.71. The van der Waals surface area contributed by atoms with Crippen LogP contribution in [0, 0.1) is 17.8 Å². The molecule has 3 amide bonds. The summed E-state index contributed by atoms with van der Waals surface area (Å²) in [5.74, 6) is 1.30. The minimum Gasteiger partial charge on any atom is -0.376 e. The average Bonchev–Trinajstić information content (AvgIpc) is 3.90. The van der Waals surface area contributed by atoms with Crippen molar-refractivity contribution in [2.75, 3.05) is 62.6 Å². The van der Waals surface area contributed by atoms with Crippen LogP contribution in [0.4, 0.5) is 20.3 Å². The van der Waals surface area contributed by atoms with Gasteiger partial charge in [0.05, 0.1) is 41.7 Å². The Balaban J connectivity index is 0.662. The molecule has 1 aromatic carbocycles. The van der Waals surface area contributed by atoms with Gasteiger partial charge in [0.15, 0.2) is 11.3 Å². The second-order valence-corrected chi connectivity index (χ2v) is 20.2. The first kappa shape index (κ1) is 44.0. The normalized spacial score (nSPS) is 28.0. The summed E-state index contributed by atoms with van der Waals surface area (Å²) in [7, 11) is 1.78. The number of hydrogen-bond donors (Lipinski definition) is 2. The highest BCUT2D eigenvalue weighted by Gasteiger charge is 2.40. The SMILES string of the molecule is C[C@@H]([C@H]1C[C@H](c2cccc3c2n(C)c(=O)n3C2CCC(=O)NC2=O)C1)N1CCN(C[C@H]2CC[C@H](n3cc(NC(=O)c4cnn5ccc(N6CC7CCC(C6)OC7)nc45)c(C(F)F)n3)CC2)CC1. The molecular weight excluding hydrogens is 863 g/mol. The number of imidazole rings is 1. The number of halogens is 2. The van der Waals surface area contributed by atoms with Crippen molar-refractivity contribution in [2.24, 2.45) is 24.8 Å². The predicted octanol–water partition coefficient (Wildman–Crippen LogP) is 5.29. The van der Waals surface area contributed by atoms with Gasteiger partial charge in [-0.05, 0) is 106 Å². The van der Waals surface area contributed by atoms with E-state index in [0.29, 0.717) is 41.8 Å². The zero-order chi connectivity index (χ0) is 46.1. The molecule has 19 heteroatoms. The maximum atomic E-state index is 14.4. The molecule has 0 radical (unpaired) electrons. The number of anilines is 2. The number of amides is 3. The van der Waals surface area contributed by atoms with Crippen LogP contribution in [0.5, 0.6) is 0 Å². The van der Waals surface area contributed by atoms with Gasteiger partial charge >= 0.3 is 5.69 Å². The number of nitrogens with zero attached hydrogens (tertiary/aromatic N) is 10. The van der Waals surface area contributed by atoms with Gasteiger partial charge in [-0.3, -0.25) is 38.4 Å². The number of nitrogens with one attached hydrogen (secondary N) is 2. The molecule has 5 saturated heterocycles. The van der Waals surface area contributed by atoms with Gasteiger partial charge in [0.2, 0.25) is 11.8 Å². The minimum absolute atomic E-state index is 0.00873. The third-order valence-electron chi connectivity index (χ3n) is 16.1. The average molecular weight is 923 g/mol. The van der Waals surface area contributed by atoms with E-state index in [9.17, 15) is 28.0 Å². The molecule has 67 heavy (non-hydrogen) atoms. The van der Waals surface area contributed by atoms with Crippen LogP contribution in [-0.4, -0.2) is 126 Å². The monoisotopic (exact) mass is 922 g/mol. The number of ether oxygens (including phenoxy) is 1. The van der Waals surface area contributed by atoms with Gasteiger partial charge in [0, 0.05) is 77.7 Å². The zero-order valence-corrected chi connectivity index (χ0v) is 38.2. The molecule has 5 aliphatic heterocycles. The number of hydrogen-bond acceptors (Lipinski definition) is 11. The number of fused-ring (bicyclic) bond motifs is 6. The van der Waals surface area contributed by atoms with Gasteiger partial charge in [-0.1, -0.05) is 12.1 Å². The van der Waals surface area contributed by atoms with Crippen LogP contribution in [0.25, 0.3) is 16.7 Å². The van der Waals surface area contributed by atoms with E-state index in [1.165, 1.54) is 10.7 Å². The molecule has 0 spiro atoms. The summed E-state index contributed by atoms with van der Waals surface area (Å²) >= 11 is 0. The maximum Gasteiger partial charge on any atom is 0.329 e. The van der Waals surface area contributed by atoms with E-state index >= 15 is 0 Å². The van der Waals surface area contributed by atoms with E-state index in [1.54, 1.807) is 33.3 Å². The van der Waals surface area contributed by atoms with E-state index in [4.69, 9.17) is 9.72 Å². The Kier molecular flexibility index (Phi) is 11.7. The number of aromatic nitrogens is 7. The smallest absolute Gasteiger partial charge is 0.329 e. The highest BCUT2D eigenvalue weighted by molar-refractivity contribution is 6.08. The van der Waals surface area contributed by atoms with Gasteiger partial charge in [0.25, 0.3) is 12.3 Å². The Hall–Kier alpha value is -5.53. The molecule has 2 N–H and O–H groups in total. The standard InChI is InChI=1S/C48H60F2N12O5/c1-28(31-20-32(21-31)35-4-3-5-38-43(35)56(2)48(66)62(38)39-12-13-41(63)54-47(39)65)58-18-16-57(17-19-58)23-29-6-9-33(10-7-29)61-26-37(42(55-61)44(49)50)52-46(64)36-22-51-60-15-14-40(53-45(36)60)59-24-30-8-11-34(25-59)67-27-30/h3-5,14-15,22,26,28-34,39,44H,6-13,16-21,23-25,27H2,1-2H3,(H,52,64)(H,54,63,65)/t28-,29-,30?,31-,32-,33-,34?,39?/m0/s1. The minimum atomic E-state index is -2.85. The number of aryl methyl sites for hydroxylation is 1. The summed E-state index contributed by atoms with van der Waals surface area (Å²) in [6.07, 6.45) is 10.4. The summed E-state index contributed by atoms with van der Waals surface area (Å²) < 4.78 is 41.2. The van der Waals surface area contributed by atoms with Crippen molar-refractivity contribution in [3.8, 4) is 0 Å². The predicted molar refractivity (Wildman–Crippen MR) is 245 cm³/mol. The maximum absolute atomic E-state index is 14.4. The third kappa shape index (κ3) is 8.34. The molecule has 3 unspecified atom stereocenters. The van der Waals surface area contributed by atoms with Crippen molar-refractivity contribution in [2.45, 2.75) is 108 Å². The number of carbonyl (C=O) groups excluding carboxylic acids is 3. The third-order valence-corrected chi connectivity index (χ3v) is 16.1. The second kappa shape index (κ2) is 17.8. The van der Waals surface area contributed by atoms with Crippen molar-refractivity contribution >= 4 is 45.9 Å². The molecule has 4 aromatic heterocycles. The highest BCUT2D eigenvalue weighted by Crippen LogP contribution is 2.47. The largest absolute Gasteiger partial charge is 0.376 e. The topological polar surface area (TPSA) is 169 Å². The number of rotatable bonds is 11. The fourth-order valence-corrected chi connectivity index (χ4v) is 12.1. The fraction of sp³-hybridized carbons (Fsp3) is 0.604. The Morgan fingerprint density at radius 3 is 2.54 bits per heavy atom. The summed E-state index contributed by atoms with van der Waals surface area (Å²) in [5.41, 5.74) is 2.69. The number of piperazine rings is 1. The van der Waals surface area contributed by atoms with E-state index < -0.39 is 30.0 Å². The molecule has 17 nitrogen and oxygen atoms in total.